The molecule has 1 amide bonds. The lowest BCUT2D eigenvalue weighted by atomic mass is 10.1. The molecule has 0 aliphatic carbocycles. The Kier molecular flexibility index (Phi) is 2.90. The molecule has 1 saturated heterocycles. The minimum absolute atomic E-state index is 0.152. The van der Waals surface area contributed by atoms with Gasteiger partial charge in [0, 0.05) is 18.9 Å². The van der Waals surface area contributed by atoms with Gasteiger partial charge in [0.15, 0.2) is 5.13 Å². The van der Waals surface area contributed by atoms with E-state index >= 15 is 0 Å². The van der Waals surface area contributed by atoms with Gasteiger partial charge in [-0.1, -0.05) is 29.5 Å². The zero-order chi connectivity index (χ0) is 13.6. The fourth-order valence-electron chi connectivity index (χ4n) is 2.44. The summed E-state index contributed by atoms with van der Waals surface area (Å²) in [5.41, 5.74) is 3.40. The van der Waals surface area contributed by atoms with Gasteiger partial charge in [0.1, 0.15) is 0 Å². The molecule has 3 rings (SSSR count). The minimum atomic E-state index is 0.152. The van der Waals surface area contributed by atoms with Crippen molar-refractivity contribution >= 4 is 32.6 Å². The number of hydrogen-bond donors (Lipinski definition) is 0. The first-order valence-corrected chi connectivity index (χ1v) is 7.21. The molecule has 1 aromatic heterocycles. The average molecular weight is 272 g/mol. The van der Waals surface area contributed by atoms with Crippen LogP contribution in [0, 0.1) is 19.8 Å². The van der Waals surface area contributed by atoms with E-state index in [4.69, 9.17) is 0 Å². The van der Waals surface area contributed by atoms with Crippen molar-refractivity contribution in [3.63, 3.8) is 0 Å². The van der Waals surface area contributed by atoms with Crippen LogP contribution in [0.25, 0.3) is 10.2 Å². The predicted octanol–water partition coefficient (Wildman–Crippen LogP) is 3.45. The van der Waals surface area contributed by atoms with Crippen LogP contribution in [0.3, 0.4) is 0 Å². The number of hydrogen-bond acceptors (Lipinski definition) is 3. The second-order valence-electron chi connectivity index (χ2n) is 5.08. The quantitative estimate of drug-likeness (QED) is 0.784. The highest BCUT2D eigenvalue weighted by molar-refractivity contribution is 7.22. The van der Waals surface area contributed by atoms with Crippen LogP contribution in [0.1, 0.15) is 17.5 Å². The molecule has 1 aromatic carbocycles. The highest BCUT2D eigenvalue weighted by atomic mass is 32.1. The molecule has 1 aliphatic rings. The van der Waals surface area contributed by atoms with E-state index in [1.165, 1.54) is 10.3 Å². The van der Waals surface area contributed by atoms with E-state index in [1.807, 2.05) is 6.08 Å². The van der Waals surface area contributed by atoms with Gasteiger partial charge in [0.05, 0.1) is 10.2 Å². The van der Waals surface area contributed by atoms with Crippen LogP contribution in [0.15, 0.2) is 24.8 Å². The smallest absolute Gasteiger partial charge is 0.229 e. The molecule has 1 aliphatic heterocycles. The number of anilines is 1. The van der Waals surface area contributed by atoms with Gasteiger partial charge in [-0.15, -0.1) is 6.58 Å². The highest BCUT2D eigenvalue weighted by Crippen LogP contribution is 2.35. The summed E-state index contributed by atoms with van der Waals surface area (Å²) >= 11 is 1.61. The van der Waals surface area contributed by atoms with Gasteiger partial charge >= 0.3 is 0 Å². The van der Waals surface area contributed by atoms with E-state index in [0.29, 0.717) is 13.0 Å². The van der Waals surface area contributed by atoms with Crippen molar-refractivity contribution in [1.82, 2.24) is 4.98 Å². The minimum Gasteiger partial charge on any atom is -0.287 e. The molecule has 2 aromatic rings. The van der Waals surface area contributed by atoms with Crippen LogP contribution in [-0.4, -0.2) is 17.4 Å². The van der Waals surface area contributed by atoms with E-state index in [9.17, 15) is 4.79 Å². The second-order valence-corrected chi connectivity index (χ2v) is 6.06. The molecular formula is C15H16N2OS. The van der Waals surface area contributed by atoms with Crippen LogP contribution in [-0.2, 0) is 4.79 Å². The third-order valence-electron chi connectivity index (χ3n) is 3.65. The molecule has 1 unspecified atom stereocenters. The Bertz CT molecular complexity index is 635. The molecule has 0 N–H and O–H groups in total. The van der Waals surface area contributed by atoms with E-state index in [-0.39, 0.29) is 11.8 Å². The highest BCUT2D eigenvalue weighted by Gasteiger charge is 2.30. The third kappa shape index (κ3) is 1.96. The molecule has 0 bridgehead atoms. The summed E-state index contributed by atoms with van der Waals surface area (Å²) in [5, 5.41) is 0.821. The molecule has 0 saturated carbocycles. The Labute approximate surface area is 116 Å². The van der Waals surface area contributed by atoms with Gasteiger partial charge in [-0.25, -0.2) is 4.98 Å². The standard InChI is InChI=1S/C15H16N2OS/c1-4-11-7-12(18)17(8-11)15-16-13-9(2)5-6-10(3)14(13)19-15/h4-6,11H,1,7-8H2,2-3H3. The number of amides is 1. The van der Waals surface area contributed by atoms with Crippen LogP contribution in [0.5, 0.6) is 0 Å². The number of aryl methyl sites for hydroxylation is 2. The summed E-state index contributed by atoms with van der Waals surface area (Å²) in [7, 11) is 0. The molecule has 1 atom stereocenters. The molecule has 0 spiro atoms. The first-order chi connectivity index (χ1) is 9.10. The van der Waals surface area contributed by atoms with Crippen molar-refractivity contribution in [1.29, 1.82) is 0 Å². The van der Waals surface area contributed by atoms with E-state index < -0.39 is 0 Å². The Morgan fingerprint density at radius 2 is 2.16 bits per heavy atom. The lowest BCUT2D eigenvalue weighted by Gasteiger charge is -2.11. The normalized spacial score (nSPS) is 19.4. The van der Waals surface area contributed by atoms with Crippen molar-refractivity contribution < 1.29 is 4.79 Å². The second kappa shape index (κ2) is 4.46. The maximum atomic E-state index is 12.0. The van der Waals surface area contributed by atoms with Crippen molar-refractivity contribution in [3.05, 3.63) is 35.9 Å². The van der Waals surface area contributed by atoms with Crippen LogP contribution >= 0.6 is 11.3 Å². The summed E-state index contributed by atoms with van der Waals surface area (Å²) in [6.45, 7) is 8.63. The molecule has 19 heavy (non-hydrogen) atoms. The first-order valence-electron chi connectivity index (χ1n) is 6.40. The number of nitrogens with zero attached hydrogens (tertiary/aromatic N) is 2. The summed E-state index contributed by atoms with van der Waals surface area (Å²) < 4.78 is 1.19. The summed E-state index contributed by atoms with van der Waals surface area (Å²) in [5.74, 6) is 0.404. The third-order valence-corrected chi connectivity index (χ3v) is 4.86. The molecule has 0 radical (unpaired) electrons. The molecule has 2 heterocycles. The van der Waals surface area contributed by atoms with Crippen LogP contribution < -0.4 is 4.90 Å². The Morgan fingerprint density at radius 3 is 2.79 bits per heavy atom. The number of fused-ring (bicyclic) bond motifs is 1. The lowest BCUT2D eigenvalue weighted by Crippen LogP contribution is -2.24. The van der Waals surface area contributed by atoms with Gasteiger partial charge < -0.3 is 0 Å². The molecule has 1 fully saturated rings. The fraction of sp³-hybridized carbons (Fsp3) is 0.333. The van der Waals surface area contributed by atoms with Crippen molar-refractivity contribution in [3.8, 4) is 0 Å². The van der Waals surface area contributed by atoms with Crippen molar-refractivity contribution in [2.45, 2.75) is 20.3 Å². The molecule has 98 valence electrons. The zero-order valence-electron chi connectivity index (χ0n) is 11.1. The van der Waals surface area contributed by atoms with Gasteiger partial charge in [0.25, 0.3) is 0 Å². The molecule has 4 heteroatoms. The molecular weight excluding hydrogens is 256 g/mol. The SMILES string of the molecule is C=CC1CC(=O)N(c2nc3c(C)ccc(C)c3s2)C1. The topological polar surface area (TPSA) is 33.2 Å². The lowest BCUT2D eigenvalue weighted by molar-refractivity contribution is -0.117. The number of thiazole rings is 1. The Balaban J connectivity index is 2.07. The van der Waals surface area contributed by atoms with Crippen molar-refractivity contribution in [2.75, 3.05) is 11.4 Å². The largest absolute Gasteiger partial charge is 0.287 e. The van der Waals surface area contributed by atoms with Crippen molar-refractivity contribution in [2.24, 2.45) is 5.92 Å². The predicted molar refractivity (Wildman–Crippen MR) is 79.8 cm³/mol. The summed E-state index contributed by atoms with van der Waals surface area (Å²) in [4.78, 5) is 18.5. The van der Waals surface area contributed by atoms with Gasteiger partial charge in [-0.05, 0) is 25.0 Å². The van der Waals surface area contributed by atoms with Crippen LogP contribution in [0.2, 0.25) is 0 Å². The average Bonchev–Trinajstić information content (AvgIpc) is 2.98. The van der Waals surface area contributed by atoms with Gasteiger partial charge in [0.2, 0.25) is 5.91 Å². The monoisotopic (exact) mass is 272 g/mol. The number of carbonyl (C=O) groups is 1. The zero-order valence-corrected chi connectivity index (χ0v) is 12.0. The maximum absolute atomic E-state index is 12.0. The Morgan fingerprint density at radius 1 is 1.42 bits per heavy atom. The Hall–Kier alpha value is -1.68. The van der Waals surface area contributed by atoms with Gasteiger partial charge in [-0.3, -0.25) is 9.69 Å². The first kappa shape index (κ1) is 12.4. The van der Waals surface area contributed by atoms with E-state index in [0.717, 1.165) is 16.2 Å². The number of benzene rings is 1. The number of carbonyl (C=O) groups excluding carboxylic acids is 1. The number of rotatable bonds is 2. The maximum Gasteiger partial charge on any atom is 0.229 e. The van der Waals surface area contributed by atoms with Crippen LogP contribution in [0.4, 0.5) is 5.13 Å². The fourth-order valence-corrected chi connectivity index (χ4v) is 3.58. The summed E-state index contributed by atoms with van der Waals surface area (Å²) in [6, 6.07) is 4.19. The number of aromatic nitrogens is 1. The van der Waals surface area contributed by atoms with Gasteiger partial charge in [-0.2, -0.15) is 0 Å². The summed E-state index contributed by atoms with van der Waals surface area (Å²) in [6.07, 6.45) is 2.42. The molecule has 3 nitrogen and oxygen atoms in total. The van der Waals surface area contributed by atoms with E-state index in [1.54, 1.807) is 16.2 Å². The van der Waals surface area contributed by atoms with E-state index in [2.05, 4.69) is 37.5 Å².